The summed E-state index contributed by atoms with van der Waals surface area (Å²) in [6.07, 6.45) is 16.8. The van der Waals surface area contributed by atoms with Crippen molar-refractivity contribution in [1.82, 2.24) is 0 Å². The average Bonchev–Trinajstić information content (AvgIpc) is 3.35. The van der Waals surface area contributed by atoms with Crippen molar-refractivity contribution in [2.45, 2.75) is 102 Å². The Morgan fingerprint density at radius 3 is 1.59 bits per heavy atom. The molecule has 0 radical (unpaired) electrons. The molecule has 2 aliphatic heterocycles. The Kier molecular flexibility index (Phi) is 16.6. The molecule has 2 heterocycles. The van der Waals surface area contributed by atoms with Crippen LogP contribution in [0.3, 0.4) is 0 Å². The molecule has 0 saturated carbocycles. The molecule has 0 amide bonds. The molecule has 0 spiro atoms. The smallest absolute Gasteiger partial charge is 0.338 e. The van der Waals surface area contributed by atoms with Gasteiger partial charge in [0.25, 0.3) is 0 Å². The first-order valence-electron chi connectivity index (χ1n) is 23.6. The molecule has 4 aromatic carbocycles. The predicted octanol–water partition coefficient (Wildman–Crippen LogP) is 11.7. The minimum atomic E-state index is -0.444. The number of carbonyl (C=O) groups excluding carboxylic acids is 4. The van der Waals surface area contributed by atoms with Crippen LogP contribution in [0.15, 0.2) is 96.1 Å². The van der Waals surface area contributed by atoms with Crippen LogP contribution in [0.25, 0.3) is 12.2 Å². The van der Waals surface area contributed by atoms with Gasteiger partial charge in [0.15, 0.2) is 35.6 Å². The molecule has 2 unspecified atom stereocenters. The third kappa shape index (κ3) is 12.3. The van der Waals surface area contributed by atoms with Gasteiger partial charge >= 0.3 is 11.9 Å². The lowest BCUT2D eigenvalue weighted by molar-refractivity contribution is -0.163. The third-order valence-corrected chi connectivity index (χ3v) is 12.0. The molecule has 12 nitrogen and oxygen atoms in total. The van der Waals surface area contributed by atoms with Crippen LogP contribution in [0.4, 0.5) is 0 Å². The Hall–Kier alpha value is -5.92. The van der Waals surface area contributed by atoms with Gasteiger partial charge in [0, 0.05) is 54.3 Å². The summed E-state index contributed by atoms with van der Waals surface area (Å²) in [7, 11) is 0. The average molecular weight is 899 g/mol. The Bertz CT molecular complexity index is 2370. The van der Waals surface area contributed by atoms with Crippen molar-refractivity contribution in [2.24, 2.45) is 0 Å². The van der Waals surface area contributed by atoms with Crippen LogP contribution >= 0.6 is 0 Å². The van der Waals surface area contributed by atoms with Crippen molar-refractivity contribution in [3.63, 3.8) is 0 Å². The van der Waals surface area contributed by atoms with Gasteiger partial charge in [-0.15, -0.1) is 0 Å². The van der Waals surface area contributed by atoms with Crippen molar-refractivity contribution in [3.8, 4) is 23.0 Å². The standard InChI is InChI=1S/C54H58O12/c55-50-42-16-6-5-15-39(42)35-44-45(50)36-46-43(51(44)56)27-28-47(65-40-23-19-37(20-24-40)53(57)63-33-11-3-1-9-29-59-48-17-7-13-31-61-48)52(46)66-41-25-21-38(22-26-41)54(58)64-34-12-4-2-10-30-60-49-18-8-14-32-62-49/h5-6,15-16,19-28,35-36,48-49H,1-4,7-14,17-18,29-34H2. The highest BCUT2D eigenvalue weighted by Gasteiger charge is 2.35. The molecule has 2 saturated heterocycles. The van der Waals surface area contributed by atoms with E-state index < -0.39 is 11.9 Å². The Morgan fingerprint density at radius 1 is 0.515 bits per heavy atom. The number of carbonyl (C=O) groups is 4. The van der Waals surface area contributed by atoms with Crippen LogP contribution in [0.5, 0.6) is 23.0 Å². The van der Waals surface area contributed by atoms with E-state index >= 15 is 0 Å². The van der Waals surface area contributed by atoms with E-state index in [-0.39, 0.29) is 41.2 Å². The number of hydrogen-bond donors (Lipinski definition) is 0. The van der Waals surface area contributed by atoms with E-state index in [0.717, 1.165) is 103 Å². The lowest BCUT2D eigenvalue weighted by Gasteiger charge is -2.25. The zero-order valence-electron chi connectivity index (χ0n) is 37.4. The van der Waals surface area contributed by atoms with Crippen molar-refractivity contribution >= 4 is 35.7 Å². The molecule has 2 fully saturated rings. The number of esters is 2. The van der Waals surface area contributed by atoms with E-state index in [1.54, 1.807) is 84.9 Å². The summed E-state index contributed by atoms with van der Waals surface area (Å²) in [4.78, 5) is 53.7. The summed E-state index contributed by atoms with van der Waals surface area (Å²) in [5.74, 6) is -0.237. The van der Waals surface area contributed by atoms with E-state index in [2.05, 4.69) is 0 Å². The van der Waals surface area contributed by atoms with Crippen LogP contribution in [-0.4, -0.2) is 75.7 Å². The van der Waals surface area contributed by atoms with Crippen molar-refractivity contribution in [3.05, 3.63) is 129 Å². The Labute approximate surface area is 386 Å². The number of hydrogen-bond acceptors (Lipinski definition) is 12. The van der Waals surface area contributed by atoms with Gasteiger partial charge in [0.05, 0.1) is 24.3 Å². The molecule has 8 rings (SSSR count). The zero-order chi connectivity index (χ0) is 45.5. The summed E-state index contributed by atoms with van der Waals surface area (Å²) >= 11 is 0. The lowest BCUT2D eigenvalue weighted by atomic mass is 9.78. The maximum atomic E-state index is 14.1. The van der Waals surface area contributed by atoms with Gasteiger partial charge in [0.1, 0.15) is 11.5 Å². The molecule has 346 valence electrons. The number of allylic oxidation sites excluding steroid dienone is 2. The van der Waals surface area contributed by atoms with Crippen molar-refractivity contribution in [2.75, 3.05) is 39.6 Å². The fraction of sp³-hybridized carbons (Fsp3) is 0.407. The largest absolute Gasteiger partial charge is 0.462 e. The quantitative estimate of drug-likeness (QED) is 0.0547. The van der Waals surface area contributed by atoms with E-state index in [0.29, 0.717) is 76.9 Å². The molecule has 4 aromatic rings. The van der Waals surface area contributed by atoms with Gasteiger partial charge in [-0.3, -0.25) is 9.59 Å². The fourth-order valence-corrected chi connectivity index (χ4v) is 8.35. The molecule has 2 aliphatic carbocycles. The van der Waals surface area contributed by atoms with Crippen molar-refractivity contribution < 1.29 is 57.1 Å². The second-order valence-corrected chi connectivity index (χ2v) is 16.9. The number of ether oxygens (including phenoxy) is 8. The summed E-state index contributed by atoms with van der Waals surface area (Å²) in [6.45, 7) is 3.49. The second kappa shape index (κ2) is 23.5. The number of Topliss-reactive ketones (excluding diaryl/α,β-unsaturated/α-hetero) is 2. The van der Waals surface area contributed by atoms with Gasteiger partial charge in [-0.2, -0.15) is 0 Å². The minimum Gasteiger partial charge on any atom is -0.462 e. The van der Waals surface area contributed by atoms with Crippen LogP contribution in [-0.2, 0) is 28.4 Å². The van der Waals surface area contributed by atoms with Crippen LogP contribution in [0.1, 0.15) is 142 Å². The number of rotatable bonds is 22. The number of unbranched alkanes of at least 4 members (excludes halogenated alkanes) is 6. The fourth-order valence-electron chi connectivity index (χ4n) is 8.35. The number of ketones is 2. The first-order chi connectivity index (χ1) is 32.4. The maximum absolute atomic E-state index is 14.1. The first kappa shape index (κ1) is 46.6. The van der Waals surface area contributed by atoms with Gasteiger partial charge in [-0.1, -0.05) is 37.1 Å². The summed E-state index contributed by atoms with van der Waals surface area (Å²) in [6, 6.07) is 23.6. The van der Waals surface area contributed by atoms with Gasteiger partial charge in [-0.25, -0.2) is 9.59 Å². The van der Waals surface area contributed by atoms with Crippen LogP contribution < -0.4 is 9.47 Å². The lowest BCUT2D eigenvalue weighted by Crippen LogP contribution is -2.22. The SMILES string of the molecule is O=C(OCCCCCCOC1CCCCO1)c1ccc(Oc2ccc3c(c2Oc2ccc(C(=O)OCCCCCCOC4CCCCO4)cc2)C=C2C(=O)c4ccccc4C=C2C3=O)cc1. The molecular weight excluding hydrogens is 841 g/mol. The highest BCUT2D eigenvalue weighted by molar-refractivity contribution is 6.32. The first-order valence-corrected chi connectivity index (χ1v) is 23.6. The predicted molar refractivity (Wildman–Crippen MR) is 247 cm³/mol. The molecular formula is C54H58O12. The minimum absolute atomic E-state index is 0.0742. The van der Waals surface area contributed by atoms with E-state index in [9.17, 15) is 19.2 Å². The molecule has 0 aromatic heterocycles. The topological polar surface area (TPSA) is 142 Å². The van der Waals surface area contributed by atoms with Crippen molar-refractivity contribution in [1.29, 1.82) is 0 Å². The normalized spacial score (nSPS) is 17.7. The van der Waals surface area contributed by atoms with Gasteiger partial charge in [-0.05, 0) is 155 Å². The van der Waals surface area contributed by atoms with Gasteiger partial charge in [0.2, 0.25) is 0 Å². The summed E-state index contributed by atoms with van der Waals surface area (Å²) in [5.41, 5.74) is 3.20. The third-order valence-electron chi connectivity index (χ3n) is 12.0. The molecule has 4 aliphatic rings. The summed E-state index contributed by atoms with van der Waals surface area (Å²) in [5, 5.41) is 0. The molecule has 12 heteroatoms. The monoisotopic (exact) mass is 898 g/mol. The van der Waals surface area contributed by atoms with E-state index in [1.807, 2.05) is 12.1 Å². The molecule has 0 N–H and O–H groups in total. The van der Waals surface area contributed by atoms with Crippen LogP contribution in [0, 0.1) is 0 Å². The molecule has 2 atom stereocenters. The maximum Gasteiger partial charge on any atom is 0.338 e. The van der Waals surface area contributed by atoms with Gasteiger partial charge < -0.3 is 37.9 Å². The molecule has 0 bridgehead atoms. The zero-order valence-corrected chi connectivity index (χ0v) is 37.4. The highest BCUT2D eigenvalue weighted by atomic mass is 16.7. The van der Waals surface area contributed by atoms with E-state index in [1.165, 1.54) is 0 Å². The molecule has 66 heavy (non-hydrogen) atoms. The summed E-state index contributed by atoms with van der Waals surface area (Å²) < 4.78 is 46.8. The number of benzene rings is 4. The number of fused-ring (bicyclic) bond motifs is 3. The Balaban J connectivity index is 0.890. The Morgan fingerprint density at radius 2 is 1.03 bits per heavy atom. The van der Waals surface area contributed by atoms with Crippen LogP contribution in [0.2, 0.25) is 0 Å². The van der Waals surface area contributed by atoms with E-state index in [4.69, 9.17) is 37.9 Å². The highest BCUT2D eigenvalue weighted by Crippen LogP contribution is 2.45. The second-order valence-electron chi connectivity index (χ2n) is 16.9.